The van der Waals surface area contributed by atoms with Crippen molar-refractivity contribution in [1.82, 2.24) is 5.32 Å². The van der Waals surface area contributed by atoms with E-state index in [0.29, 0.717) is 0 Å². The van der Waals surface area contributed by atoms with Crippen LogP contribution in [-0.4, -0.2) is 24.0 Å². The molecule has 0 bridgehead atoms. The molecule has 0 saturated heterocycles. The van der Waals surface area contributed by atoms with Crippen LogP contribution in [0.2, 0.25) is 0 Å². The van der Waals surface area contributed by atoms with Gasteiger partial charge in [-0.05, 0) is 36.5 Å². The van der Waals surface area contributed by atoms with Crippen molar-refractivity contribution in [3.8, 4) is 6.07 Å². The number of amides is 1. The van der Waals surface area contributed by atoms with Gasteiger partial charge in [0.25, 0.3) is 5.91 Å². The van der Waals surface area contributed by atoms with Gasteiger partial charge in [0.1, 0.15) is 5.54 Å². The minimum atomic E-state index is -0.986. The summed E-state index contributed by atoms with van der Waals surface area (Å²) >= 11 is 0. The van der Waals surface area contributed by atoms with Crippen molar-refractivity contribution in [1.29, 1.82) is 5.26 Å². The van der Waals surface area contributed by atoms with Gasteiger partial charge >= 0.3 is 5.97 Å². The normalized spacial score (nSPS) is 13.3. The lowest BCUT2D eigenvalue weighted by Gasteiger charge is -2.27. The summed E-state index contributed by atoms with van der Waals surface area (Å²) in [7, 11) is 0. The van der Waals surface area contributed by atoms with Crippen molar-refractivity contribution >= 4 is 18.0 Å². The first-order valence-electron chi connectivity index (χ1n) is 7.96. The number of carbonyl (C=O) groups excluding carboxylic acids is 2. The highest BCUT2D eigenvalue weighted by atomic mass is 16.5. The first kappa shape index (κ1) is 19.4. The summed E-state index contributed by atoms with van der Waals surface area (Å²) in [5.41, 5.74) is 1.11. The van der Waals surface area contributed by atoms with Crippen molar-refractivity contribution in [2.45, 2.75) is 39.7 Å². The molecule has 24 heavy (non-hydrogen) atoms. The molecule has 0 saturated carbocycles. The van der Waals surface area contributed by atoms with E-state index in [9.17, 15) is 9.59 Å². The van der Waals surface area contributed by atoms with Gasteiger partial charge < -0.3 is 10.1 Å². The van der Waals surface area contributed by atoms with E-state index in [4.69, 9.17) is 10.00 Å². The van der Waals surface area contributed by atoms with Gasteiger partial charge in [-0.1, -0.05) is 45.0 Å². The van der Waals surface area contributed by atoms with E-state index in [-0.39, 0.29) is 5.92 Å². The van der Waals surface area contributed by atoms with Crippen LogP contribution in [0.4, 0.5) is 0 Å². The van der Waals surface area contributed by atoms with Crippen molar-refractivity contribution in [3.05, 3.63) is 41.5 Å². The fraction of sp³-hybridized carbons (Fsp3) is 0.421. The zero-order valence-corrected chi connectivity index (χ0v) is 14.6. The van der Waals surface area contributed by atoms with Gasteiger partial charge in [-0.15, -0.1) is 0 Å². The second-order valence-electron chi connectivity index (χ2n) is 6.05. The molecule has 1 rings (SSSR count). The number of benzene rings is 1. The topological polar surface area (TPSA) is 79.2 Å². The highest BCUT2D eigenvalue weighted by Gasteiger charge is 2.30. The number of hydrogen-bond donors (Lipinski definition) is 1. The summed E-state index contributed by atoms with van der Waals surface area (Å²) in [5, 5.41) is 11.7. The monoisotopic (exact) mass is 328 g/mol. The Morgan fingerprint density at radius 1 is 1.33 bits per heavy atom. The lowest BCUT2D eigenvalue weighted by molar-refractivity contribution is -0.144. The van der Waals surface area contributed by atoms with Gasteiger partial charge in [-0.3, -0.25) is 4.79 Å². The minimum Gasteiger partial charge on any atom is -0.452 e. The number of nitrogens with one attached hydrogen (secondary N) is 1. The van der Waals surface area contributed by atoms with Crippen LogP contribution in [0.5, 0.6) is 0 Å². The second kappa shape index (κ2) is 8.88. The molecule has 1 atom stereocenters. The van der Waals surface area contributed by atoms with Crippen LogP contribution in [0.25, 0.3) is 6.08 Å². The maximum Gasteiger partial charge on any atom is 0.331 e. The van der Waals surface area contributed by atoms with Gasteiger partial charge in [0.2, 0.25) is 0 Å². The Morgan fingerprint density at radius 2 is 1.96 bits per heavy atom. The van der Waals surface area contributed by atoms with Crippen LogP contribution < -0.4 is 5.32 Å². The summed E-state index contributed by atoms with van der Waals surface area (Å²) in [6.07, 6.45) is 3.87. The third-order valence-corrected chi connectivity index (χ3v) is 3.93. The van der Waals surface area contributed by atoms with E-state index in [1.807, 2.05) is 38.1 Å². The first-order valence-corrected chi connectivity index (χ1v) is 7.96. The average Bonchev–Trinajstić information content (AvgIpc) is 2.58. The number of nitriles is 1. The molecule has 0 heterocycles. The average molecular weight is 328 g/mol. The quantitative estimate of drug-likeness (QED) is 0.616. The summed E-state index contributed by atoms with van der Waals surface area (Å²) < 4.78 is 4.89. The number of rotatable bonds is 7. The highest BCUT2D eigenvalue weighted by molar-refractivity contribution is 5.89. The Hall–Kier alpha value is -2.61. The zero-order valence-electron chi connectivity index (χ0n) is 14.6. The molecule has 5 nitrogen and oxygen atoms in total. The van der Waals surface area contributed by atoms with Crippen LogP contribution in [0, 0.1) is 17.2 Å². The van der Waals surface area contributed by atoms with Crippen LogP contribution in [0.1, 0.15) is 38.8 Å². The molecule has 0 aliphatic heterocycles. The van der Waals surface area contributed by atoms with E-state index in [1.54, 1.807) is 13.0 Å². The molecular weight excluding hydrogens is 304 g/mol. The van der Waals surface area contributed by atoms with Crippen LogP contribution in [0.15, 0.2) is 30.3 Å². The molecule has 0 aliphatic carbocycles. The Labute approximate surface area is 143 Å². The van der Waals surface area contributed by atoms with E-state index < -0.39 is 24.0 Å². The summed E-state index contributed by atoms with van der Waals surface area (Å²) in [6.45, 7) is 6.97. The van der Waals surface area contributed by atoms with Gasteiger partial charge in [-0.25, -0.2) is 4.79 Å². The van der Waals surface area contributed by atoms with Crippen molar-refractivity contribution in [2.24, 2.45) is 5.92 Å². The SMILES string of the molecule is CCc1ccc(/C=C/C(=O)OCC(=O)N[C@](C)(C#N)C(C)C)cc1. The molecule has 5 heteroatoms. The Balaban J connectivity index is 2.49. The fourth-order valence-electron chi connectivity index (χ4n) is 1.84. The number of esters is 1. The van der Waals surface area contributed by atoms with Crippen LogP contribution in [0.3, 0.4) is 0 Å². The lowest BCUT2D eigenvalue weighted by atomic mass is 9.90. The second-order valence-corrected chi connectivity index (χ2v) is 6.05. The van der Waals surface area contributed by atoms with Crippen LogP contribution >= 0.6 is 0 Å². The zero-order chi connectivity index (χ0) is 18.2. The standard InChI is InChI=1S/C19H24N2O3/c1-5-15-6-8-16(9-7-15)10-11-18(23)24-12-17(22)21-19(4,13-20)14(2)3/h6-11,14H,5,12H2,1-4H3,(H,21,22)/b11-10+/t19-/m1/s1. The molecule has 1 aromatic rings. The highest BCUT2D eigenvalue weighted by Crippen LogP contribution is 2.14. The van der Waals surface area contributed by atoms with Gasteiger partial charge in [0, 0.05) is 6.08 Å². The number of ether oxygens (including phenoxy) is 1. The van der Waals surface area contributed by atoms with Gasteiger partial charge in [-0.2, -0.15) is 5.26 Å². The van der Waals surface area contributed by atoms with Crippen molar-refractivity contribution < 1.29 is 14.3 Å². The molecule has 0 fully saturated rings. The lowest BCUT2D eigenvalue weighted by Crippen LogP contribution is -2.50. The maximum atomic E-state index is 11.8. The van der Waals surface area contributed by atoms with E-state index >= 15 is 0 Å². The third-order valence-electron chi connectivity index (χ3n) is 3.93. The Bertz CT molecular complexity index is 642. The molecule has 1 N–H and O–H groups in total. The van der Waals surface area contributed by atoms with E-state index in [0.717, 1.165) is 12.0 Å². The Kier molecular flexibility index (Phi) is 7.19. The van der Waals surface area contributed by atoms with Gasteiger partial charge in [0.15, 0.2) is 6.61 Å². The molecule has 0 unspecified atom stereocenters. The number of nitrogens with zero attached hydrogens (tertiary/aromatic N) is 1. The molecule has 1 amide bonds. The minimum absolute atomic E-state index is 0.0619. The number of aryl methyl sites for hydroxylation is 1. The molecule has 0 aliphatic rings. The third kappa shape index (κ3) is 5.88. The van der Waals surface area contributed by atoms with Crippen molar-refractivity contribution in [3.63, 3.8) is 0 Å². The summed E-state index contributed by atoms with van der Waals surface area (Å²) in [4.78, 5) is 23.5. The largest absolute Gasteiger partial charge is 0.452 e. The number of hydrogen-bond acceptors (Lipinski definition) is 4. The van der Waals surface area contributed by atoms with Crippen LogP contribution in [-0.2, 0) is 20.7 Å². The van der Waals surface area contributed by atoms with Crippen molar-refractivity contribution in [2.75, 3.05) is 6.61 Å². The van der Waals surface area contributed by atoms with E-state index in [1.165, 1.54) is 11.6 Å². The summed E-state index contributed by atoms with van der Waals surface area (Å²) in [5.74, 6) is -1.16. The predicted octanol–water partition coefficient (Wildman–Crippen LogP) is 2.86. The molecule has 128 valence electrons. The summed E-state index contributed by atoms with van der Waals surface area (Å²) in [6, 6.07) is 9.88. The first-order chi connectivity index (χ1) is 11.3. The Morgan fingerprint density at radius 3 is 2.46 bits per heavy atom. The fourth-order valence-corrected chi connectivity index (χ4v) is 1.84. The molecule has 0 aromatic heterocycles. The number of carbonyl (C=O) groups is 2. The molecular formula is C19H24N2O3. The predicted molar refractivity (Wildman–Crippen MR) is 92.8 cm³/mol. The molecule has 1 aromatic carbocycles. The maximum absolute atomic E-state index is 11.8. The van der Waals surface area contributed by atoms with Gasteiger partial charge in [0.05, 0.1) is 6.07 Å². The smallest absolute Gasteiger partial charge is 0.331 e. The van der Waals surface area contributed by atoms with E-state index in [2.05, 4.69) is 18.3 Å². The molecule has 0 radical (unpaired) electrons. The molecule has 0 spiro atoms.